The first-order chi connectivity index (χ1) is 19.4. The highest BCUT2D eigenvalue weighted by molar-refractivity contribution is 5.79. The summed E-state index contributed by atoms with van der Waals surface area (Å²) < 4.78 is 27.6. The summed E-state index contributed by atoms with van der Waals surface area (Å²) in [5, 5.41) is 2.66. The fourth-order valence-electron chi connectivity index (χ4n) is 4.35. The van der Waals surface area contributed by atoms with E-state index < -0.39 is 67.0 Å². The number of carbonyl (C=O) groups excluding carboxylic acids is 5. The monoisotopic (exact) mass is 569 g/mol. The molecule has 0 radical (unpaired) electrons. The second-order valence-electron chi connectivity index (χ2n) is 9.89. The van der Waals surface area contributed by atoms with Crippen LogP contribution in [0.25, 0.3) is 0 Å². The molecule has 5 atom stereocenters. The van der Waals surface area contributed by atoms with E-state index in [0.29, 0.717) is 0 Å². The van der Waals surface area contributed by atoms with E-state index in [4.69, 9.17) is 23.7 Å². The summed E-state index contributed by atoms with van der Waals surface area (Å²) in [5.41, 5.74) is 3.54. The molecular weight excluding hydrogens is 534 g/mol. The number of benzene rings is 2. The molecule has 1 unspecified atom stereocenters. The average molecular weight is 570 g/mol. The van der Waals surface area contributed by atoms with Crippen molar-refractivity contribution in [1.82, 2.24) is 5.32 Å². The highest BCUT2D eigenvalue weighted by Crippen LogP contribution is 2.30. The first-order valence-corrected chi connectivity index (χ1v) is 13.1. The molecule has 1 heterocycles. The molecule has 2 aromatic rings. The minimum absolute atomic E-state index is 0.000170. The van der Waals surface area contributed by atoms with Crippen molar-refractivity contribution in [2.45, 2.75) is 78.1 Å². The van der Waals surface area contributed by atoms with Gasteiger partial charge in [0.05, 0.1) is 12.8 Å². The molecule has 3 rings (SSSR count). The Labute approximate surface area is 238 Å². The van der Waals surface area contributed by atoms with E-state index >= 15 is 0 Å². The molecule has 1 N–H and O–H groups in total. The number of amides is 1. The van der Waals surface area contributed by atoms with Gasteiger partial charge in [-0.2, -0.15) is 0 Å². The Balaban J connectivity index is 1.79. The number of rotatable bonds is 11. The number of hydrogen-bond donors (Lipinski definition) is 1. The Morgan fingerprint density at radius 1 is 0.756 bits per heavy atom. The van der Waals surface area contributed by atoms with Crippen LogP contribution < -0.4 is 5.32 Å². The summed E-state index contributed by atoms with van der Waals surface area (Å²) >= 11 is 0. The van der Waals surface area contributed by atoms with E-state index in [9.17, 15) is 24.0 Å². The number of carbonyl (C=O) groups is 5. The van der Waals surface area contributed by atoms with Crippen molar-refractivity contribution in [2.75, 3.05) is 6.61 Å². The van der Waals surface area contributed by atoms with Crippen molar-refractivity contribution in [3.63, 3.8) is 0 Å². The molecule has 41 heavy (non-hydrogen) atoms. The lowest BCUT2D eigenvalue weighted by Gasteiger charge is -2.27. The van der Waals surface area contributed by atoms with Crippen LogP contribution in [0.4, 0.5) is 0 Å². The Hall–Kier alpha value is -4.25. The second kappa shape index (κ2) is 14.4. The van der Waals surface area contributed by atoms with Gasteiger partial charge in [0, 0.05) is 20.8 Å². The first-order valence-electron chi connectivity index (χ1n) is 13.1. The van der Waals surface area contributed by atoms with Crippen molar-refractivity contribution in [2.24, 2.45) is 0 Å². The normalized spacial score (nSPS) is 20.4. The van der Waals surface area contributed by atoms with E-state index in [2.05, 4.69) is 5.32 Å². The van der Waals surface area contributed by atoms with Crippen LogP contribution >= 0.6 is 0 Å². The summed E-state index contributed by atoms with van der Waals surface area (Å²) in [5.74, 6) is -3.21. The van der Waals surface area contributed by atoms with Gasteiger partial charge in [0.1, 0.15) is 12.7 Å². The molecule has 220 valence electrons. The number of hydrogen-bond acceptors (Lipinski definition) is 10. The van der Waals surface area contributed by atoms with Crippen LogP contribution in [-0.2, 0) is 60.5 Å². The first kappa shape index (κ1) is 31.3. The predicted octanol–water partition coefficient (Wildman–Crippen LogP) is 2.27. The van der Waals surface area contributed by atoms with Gasteiger partial charge >= 0.3 is 23.9 Å². The second-order valence-corrected chi connectivity index (χ2v) is 9.89. The van der Waals surface area contributed by atoms with Crippen molar-refractivity contribution >= 4 is 29.8 Å². The lowest BCUT2D eigenvalue weighted by molar-refractivity contribution is -0.177. The topological polar surface area (TPSA) is 144 Å². The minimum Gasteiger partial charge on any atom is -0.461 e. The van der Waals surface area contributed by atoms with Crippen molar-refractivity contribution < 1.29 is 47.7 Å². The highest BCUT2D eigenvalue weighted by Gasteiger charge is 2.53. The number of nitrogens with one attached hydrogen (secondary N) is 1. The molecule has 1 amide bonds. The van der Waals surface area contributed by atoms with E-state index in [1.165, 1.54) is 0 Å². The van der Waals surface area contributed by atoms with Crippen LogP contribution in [0.2, 0.25) is 0 Å². The Morgan fingerprint density at radius 3 is 1.78 bits per heavy atom. The molecule has 1 aliphatic heterocycles. The third-order valence-electron chi connectivity index (χ3n) is 6.20. The highest BCUT2D eigenvalue weighted by atomic mass is 16.7. The van der Waals surface area contributed by atoms with Crippen LogP contribution in [0.5, 0.6) is 0 Å². The predicted molar refractivity (Wildman–Crippen MR) is 144 cm³/mol. The summed E-state index contributed by atoms with van der Waals surface area (Å²) in [4.78, 5) is 61.4. The SMILES string of the molecule is CC(=O)OC1[C@@H]([C@H](COC(=O)Cc2ccc(C)cc2)OC(C)=O)O[C@@H](NC(=O)Cc2ccc(C)cc2)[C@H]1OC(C)=O. The van der Waals surface area contributed by atoms with Crippen LogP contribution in [0, 0.1) is 13.8 Å². The number of aryl methyl sites for hydroxylation is 2. The van der Waals surface area contributed by atoms with Gasteiger partial charge in [-0.05, 0) is 25.0 Å². The Morgan fingerprint density at radius 2 is 1.27 bits per heavy atom. The molecule has 11 heteroatoms. The molecule has 0 spiro atoms. The summed E-state index contributed by atoms with van der Waals surface area (Å²) in [6, 6.07) is 14.7. The largest absolute Gasteiger partial charge is 0.461 e. The lowest BCUT2D eigenvalue weighted by atomic mass is 10.0. The maximum Gasteiger partial charge on any atom is 0.310 e. The zero-order valence-corrected chi connectivity index (χ0v) is 23.7. The van der Waals surface area contributed by atoms with Gasteiger partial charge in [-0.15, -0.1) is 0 Å². The molecule has 0 bridgehead atoms. The smallest absolute Gasteiger partial charge is 0.310 e. The maximum atomic E-state index is 12.9. The average Bonchev–Trinajstić information content (AvgIpc) is 3.19. The molecule has 1 saturated heterocycles. The van der Waals surface area contributed by atoms with E-state index in [1.54, 1.807) is 24.3 Å². The van der Waals surface area contributed by atoms with Crippen molar-refractivity contribution in [3.8, 4) is 0 Å². The number of ether oxygens (including phenoxy) is 5. The molecule has 0 aliphatic carbocycles. The van der Waals surface area contributed by atoms with E-state index in [-0.39, 0.29) is 12.8 Å². The maximum absolute atomic E-state index is 12.9. The van der Waals surface area contributed by atoms with Crippen LogP contribution in [0.1, 0.15) is 43.0 Å². The standard InChI is InChI=1S/C30H35NO10/c1-17-6-10-22(11-7-17)14-25(35)31-30-29(40-21(5)34)28(39-20(4)33)27(41-30)24(38-19(3)32)16-37-26(36)15-23-12-8-18(2)9-13-23/h6-13,24,27-30H,14-16H2,1-5H3,(H,31,35)/t24-,27+,28?,29-,30+/m0/s1. The van der Waals surface area contributed by atoms with Gasteiger partial charge in [0.2, 0.25) is 5.91 Å². The van der Waals surface area contributed by atoms with Gasteiger partial charge in [-0.1, -0.05) is 59.7 Å². The van der Waals surface area contributed by atoms with Crippen LogP contribution in [-0.4, -0.2) is 67.0 Å². The van der Waals surface area contributed by atoms with Gasteiger partial charge in [0.25, 0.3) is 0 Å². The van der Waals surface area contributed by atoms with Gasteiger partial charge < -0.3 is 29.0 Å². The lowest BCUT2D eigenvalue weighted by Crippen LogP contribution is -2.48. The molecule has 1 aliphatic rings. The van der Waals surface area contributed by atoms with Crippen molar-refractivity contribution in [1.29, 1.82) is 0 Å². The minimum atomic E-state index is -1.29. The fourth-order valence-corrected chi connectivity index (χ4v) is 4.35. The molecule has 11 nitrogen and oxygen atoms in total. The Kier molecular flexibility index (Phi) is 11.0. The molecular formula is C30H35NO10. The van der Waals surface area contributed by atoms with Gasteiger partial charge in [0.15, 0.2) is 24.5 Å². The molecule has 0 aromatic heterocycles. The Bertz CT molecular complexity index is 1240. The summed E-state index contributed by atoms with van der Waals surface area (Å²) in [7, 11) is 0. The van der Waals surface area contributed by atoms with Crippen LogP contribution in [0.15, 0.2) is 48.5 Å². The van der Waals surface area contributed by atoms with Gasteiger partial charge in [-0.3, -0.25) is 24.0 Å². The summed E-state index contributed by atoms with van der Waals surface area (Å²) in [6.07, 6.45) is -6.35. The van der Waals surface area contributed by atoms with Gasteiger partial charge in [-0.25, -0.2) is 0 Å². The quantitative estimate of drug-likeness (QED) is 0.316. The third kappa shape index (κ3) is 9.71. The van der Waals surface area contributed by atoms with E-state index in [1.807, 2.05) is 38.1 Å². The zero-order valence-electron chi connectivity index (χ0n) is 23.7. The molecule has 1 fully saturated rings. The molecule has 0 saturated carbocycles. The zero-order chi connectivity index (χ0) is 30.1. The fraction of sp³-hybridized carbons (Fsp3) is 0.433. The van der Waals surface area contributed by atoms with Crippen LogP contribution in [0.3, 0.4) is 0 Å². The third-order valence-corrected chi connectivity index (χ3v) is 6.20. The van der Waals surface area contributed by atoms with E-state index in [0.717, 1.165) is 43.0 Å². The number of esters is 4. The summed E-state index contributed by atoms with van der Waals surface area (Å²) in [6.45, 7) is 6.86. The molecule has 2 aromatic carbocycles. The van der Waals surface area contributed by atoms with Crippen molar-refractivity contribution in [3.05, 3.63) is 70.8 Å².